The average molecular weight is 844 g/mol. The Hall–Kier alpha value is -6.01. The van der Waals surface area contributed by atoms with E-state index in [1.54, 1.807) is 48.8 Å². The third-order valence-electron chi connectivity index (χ3n) is 10.3. The van der Waals surface area contributed by atoms with Gasteiger partial charge >= 0.3 is 6.03 Å². The predicted octanol–water partition coefficient (Wildman–Crippen LogP) is 3.12. The Bertz CT molecular complexity index is 1820. The van der Waals surface area contributed by atoms with E-state index in [0.717, 1.165) is 31.7 Å². The number of carbonyl (C=O) groups excluding carboxylic acids is 7. The van der Waals surface area contributed by atoms with Crippen LogP contribution in [0.5, 0.6) is 11.5 Å². The van der Waals surface area contributed by atoms with Gasteiger partial charge in [-0.15, -0.1) is 0 Å². The van der Waals surface area contributed by atoms with Crippen LogP contribution in [-0.4, -0.2) is 120 Å². The number of benzene rings is 2. The molecule has 3 fully saturated rings. The van der Waals surface area contributed by atoms with Crippen molar-refractivity contribution in [2.45, 2.75) is 109 Å². The van der Waals surface area contributed by atoms with Gasteiger partial charge < -0.3 is 50.6 Å². The molecule has 4 aliphatic rings. The first kappa shape index (κ1) is 46.7. The van der Waals surface area contributed by atoms with Crippen molar-refractivity contribution >= 4 is 47.7 Å². The number of halogens is 2. The molecule has 19 heteroatoms. The normalized spacial score (nSPS) is 20.0. The minimum Gasteiger partial charge on any atom is -0.464 e. The van der Waals surface area contributed by atoms with E-state index >= 15 is 0 Å². The molecular weight excluding hydrogens is 788 g/mol. The van der Waals surface area contributed by atoms with Gasteiger partial charge in [0.1, 0.15) is 35.9 Å². The second-order valence-corrected chi connectivity index (χ2v) is 15.1. The lowest BCUT2D eigenvalue weighted by Gasteiger charge is -2.38. The summed E-state index contributed by atoms with van der Waals surface area (Å²) in [6, 6.07) is 6.13. The first-order valence-corrected chi connectivity index (χ1v) is 20.0. The van der Waals surface area contributed by atoms with E-state index < -0.39 is 47.8 Å². The SMILES string of the molecule is CC(CC(=O)N1CCCC1C(=O)N1CCCCC1C(=O)NC(C)C(=O)N1CCCC1C)OC=O.Cc1cc(F)cc(F)c1.NC(=O)CNC(=O)Nc1ccc2c(c1)OCO2. The maximum Gasteiger partial charge on any atom is 0.319 e. The predicted molar refractivity (Wildman–Crippen MR) is 213 cm³/mol. The fourth-order valence-corrected chi connectivity index (χ4v) is 7.38. The number of aryl methyl sites for hydroxylation is 1. The molecule has 0 aromatic heterocycles. The molecule has 5 atom stereocenters. The van der Waals surface area contributed by atoms with E-state index in [0.29, 0.717) is 68.1 Å². The molecule has 328 valence electrons. The highest BCUT2D eigenvalue weighted by atomic mass is 19.1. The second kappa shape index (κ2) is 22.4. The summed E-state index contributed by atoms with van der Waals surface area (Å²) < 4.78 is 39.5. The highest BCUT2D eigenvalue weighted by Gasteiger charge is 2.42. The van der Waals surface area contributed by atoms with Crippen molar-refractivity contribution in [3.8, 4) is 11.5 Å². The van der Waals surface area contributed by atoms with Gasteiger partial charge in [0.25, 0.3) is 6.47 Å². The number of nitrogens with zero attached hydrogens (tertiary/aromatic N) is 3. The zero-order valence-corrected chi connectivity index (χ0v) is 34.4. The Morgan fingerprint density at radius 1 is 0.867 bits per heavy atom. The van der Waals surface area contributed by atoms with Crippen molar-refractivity contribution in [3.63, 3.8) is 0 Å². The van der Waals surface area contributed by atoms with Crippen LogP contribution in [0.3, 0.4) is 0 Å². The number of hydrogen-bond acceptors (Lipinski definition) is 10. The summed E-state index contributed by atoms with van der Waals surface area (Å²) in [7, 11) is 0. The number of amides is 7. The molecule has 2 aromatic rings. The summed E-state index contributed by atoms with van der Waals surface area (Å²) in [4.78, 5) is 89.5. The third kappa shape index (κ3) is 13.5. The molecule has 2 aromatic carbocycles. The van der Waals surface area contributed by atoms with Gasteiger partial charge in [-0.1, -0.05) is 0 Å². The number of nitrogens with one attached hydrogen (secondary N) is 3. The van der Waals surface area contributed by atoms with Crippen LogP contribution in [0.25, 0.3) is 0 Å². The van der Waals surface area contributed by atoms with Gasteiger partial charge in [0, 0.05) is 43.5 Å². The number of piperidine rings is 1. The van der Waals surface area contributed by atoms with Crippen molar-refractivity contribution in [1.29, 1.82) is 0 Å². The lowest BCUT2D eigenvalue weighted by atomic mass is 9.99. The molecule has 0 bridgehead atoms. The smallest absolute Gasteiger partial charge is 0.319 e. The summed E-state index contributed by atoms with van der Waals surface area (Å²) in [6.07, 6.45) is 4.77. The van der Waals surface area contributed by atoms with E-state index in [9.17, 15) is 42.3 Å². The average Bonchev–Trinajstić information content (AvgIpc) is 3.98. The van der Waals surface area contributed by atoms with Crippen molar-refractivity contribution in [2.75, 3.05) is 38.3 Å². The van der Waals surface area contributed by atoms with Crippen LogP contribution >= 0.6 is 0 Å². The molecule has 0 radical (unpaired) electrons. The minimum absolute atomic E-state index is 0.0149. The fraction of sp³-hybridized carbons (Fsp3) is 0.537. The van der Waals surface area contributed by atoms with Crippen molar-refractivity contribution in [3.05, 3.63) is 53.6 Å². The number of ether oxygens (including phenoxy) is 3. The number of hydrogen-bond donors (Lipinski definition) is 4. The molecule has 17 nitrogen and oxygen atoms in total. The molecule has 0 saturated carbocycles. The van der Waals surface area contributed by atoms with Crippen molar-refractivity contribution in [1.82, 2.24) is 25.3 Å². The Balaban J connectivity index is 0.000000249. The van der Waals surface area contributed by atoms with Gasteiger partial charge in [-0.2, -0.15) is 0 Å². The number of rotatable bonds is 11. The van der Waals surface area contributed by atoms with Crippen LogP contribution in [0.2, 0.25) is 0 Å². The van der Waals surface area contributed by atoms with Gasteiger partial charge in [-0.25, -0.2) is 13.6 Å². The number of likely N-dealkylation sites (tertiary alicyclic amines) is 3. The first-order valence-electron chi connectivity index (χ1n) is 20.0. The van der Waals surface area contributed by atoms with Crippen LogP contribution < -0.4 is 31.2 Å². The molecule has 3 saturated heterocycles. The Kier molecular flexibility index (Phi) is 17.4. The highest BCUT2D eigenvalue weighted by Crippen LogP contribution is 2.34. The van der Waals surface area contributed by atoms with Gasteiger partial charge in [-0.3, -0.25) is 28.8 Å². The maximum atomic E-state index is 13.5. The van der Waals surface area contributed by atoms with Crippen molar-refractivity contribution in [2.24, 2.45) is 5.73 Å². The Morgan fingerprint density at radius 3 is 2.17 bits per heavy atom. The van der Waals surface area contributed by atoms with E-state index in [4.69, 9.17) is 19.9 Å². The van der Waals surface area contributed by atoms with Crippen LogP contribution in [0.1, 0.15) is 77.7 Å². The molecular formula is C41H55F2N7O10. The maximum absolute atomic E-state index is 13.5. The van der Waals surface area contributed by atoms with E-state index in [1.807, 2.05) is 11.8 Å². The molecule has 4 aliphatic heterocycles. The number of urea groups is 1. The largest absolute Gasteiger partial charge is 0.464 e. The van der Waals surface area contributed by atoms with Crippen LogP contribution in [-0.2, 0) is 33.5 Å². The number of nitrogens with two attached hydrogens (primary N) is 1. The number of anilines is 1. The van der Waals surface area contributed by atoms with Crippen LogP contribution in [0.15, 0.2) is 36.4 Å². The first-order chi connectivity index (χ1) is 28.6. The standard InChI is InChI=1S/C24H38N4O6.C10H11N3O4.C7H6F2/c1-16-8-6-12-26(16)23(32)18(3)25-22(31)19-9-4-5-11-28(19)24(33)20-10-7-13-27(20)21(30)14-17(2)34-15-29;11-9(14)4-12-10(15)13-6-1-2-7-8(3-6)17-5-16-7;1-5-2-6(8)4-7(9)3-5/h15-20H,4-14H2,1-3H3,(H,25,31);1-3H,4-5H2,(H2,11,14)(H2,12,13,15);2-4H,1H3. The molecule has 7 amide bonds. The van der Waals surface area contributed by atoms with Crippen LogP contribution in [0.4, 0.5) is 19.3 Å². The number of carbonyl (C=O) groups is 7. The quantitative estimate of drug-likeness (QED) is 0.242. The highest BCUT2D eigenvalue weighted by molar-refractivity contribution is 5.95. The van der Waals surface area contributed by atoms with Gasteiger partial charge in [0.2, 0.25) is 36.3 Å². The van der Waals surface area contributed by atoms with E-state index in [1.165, 1.54) is 12.1 Å². The summed E-state index contributed by atoms with van der Waals surface area (Å²) in [6.45, 7) is 8.89. The van der Waals surface area contributed by atoms with E-state index in [2.05, 4.69) is 16.0 Å². The molecule has 4 heterocycles. The minimum atomic E-state index is -0.657. The second-order valence-electron chi connectivity index (χ2n) is 15.1. The van der Waals surface area contributed by atoms with E-state index in [-0.39, 0.29) is 49.4 Å². The van der Waals surface area contributed by atoms with Gasteiger partial charge in [-0.05, 0) is 102 Å². The Labute approximate surface area is 347 Å². The lowest BCUT2D eigenvalue weighted by Crippen LogP contribution is -2.59. The monoisotopic (exact) mass is 843 g/mol. The third-order valence-corrected chi connectivity index (χ3v) is 10.3. The van der Waals surface area contributed by atoms with Gasteiger partial charge in [0.15, 0.2) is 11.5 Å². The zero-order valence-electron chi connectivity index (χ0n) is 34.4. The molecule has 6 rings (SSSR count). The number of primary amides is 1. The summed E-state index contributed by atoms with van der Waals surface area (Å²) >= 11 is 0. The Morgan fingerprint density at radius 2 is 1.52 bits per heavy atom. The molecule has 0 aliphatic carbocycles. The fourth-order valence-electron chi connectivity index (χ4n) is 7.38. The molecule has 5 unspecified atom stereocenters. The topological polar surface area (TPSA) is 219 Å². The van der Waals surface area contributed by atoms with Crippen molar-refractivity contribution < 1.29 is 56.6 Å². The zero-order chi connectivity index (χ0) is 43.9. The summed E-state index contributed by atoms with van der Waals surface area (Å²) in [5.74, 6) is -1.31. The summed E-state index contributed by atoms with van der Waals surface area (Å²) in [5, 5.41) is 7.68. The number of fused-ring (bicyclic) bond motifs is 1. The van der Waals surface area contributed by atoms with Gasteiger partial charge in [0.05, 0.1) is 13.0 Å². The molecule has 5 N–H and O–H groups in total. The summed E-state index contributed by atoms with van der Waals surface area (Å²) in [5.41, 5.74) is 6.03. The van der Waals surface area contributed by atoms with Crippen LogP contribution in [0, 0.1) is 18.6 Å². The lowest BCUT2D eigenvalue weighted by molar-refractivity contribution is -0.151. The molecule has 60 heavy (non-hydrogen) atoms. The molecule has 0 spiro atoms.